The number of rotatable bonds is 4. The Morgan fingerprint density at radius 1 is 1.11 bits per heavy atom. The molecular weight excluding hydrogens is 251 g/mol. The molecule has 6 heteroatoms. The second-order valence-corrected chi connectivity index (χ2v) is 5.48. The summed E-state index contributed by atoms with van der Waals surface area (Å²) in [4.78, 5) is 22.7. The molecule has 0 saturated heterocycles. The third-order valence-corrected chi connectivity index (χ3v) is 3.51. The predicted molar refractivity (Wildman–Crippen MR) is 69.1 cm³/mol. The zero-order chi connectivity index (χ0) is 13.0. The third kappa shape index (κ3) is 3.17. The van der Waals surface area contributed by atoms with Crippen LogP contribution in [0.15, 0.2) is 54.9 Å². The van der Waals surface area contributed by atoms with E-state index in [4.69, 9.17) is 0 Å². The fourth-order valence-corrected chi connectivity index (χ4v) is 2.45. The minimum absolute atomic E-state index is 0.453. The van der Waals surface area contributed by atoms with Gasteiger partial charge in [-0.05, 0) is 18.2 Å². The Hall–Kier alpha value is -1.68. The van der Waals surface area contributed by atoms with Crippen molar-refractivity contribution in [3.05, 3.63) is 60.4 Å². The van der Waals surface area contributed by atoms with Crippen molar-refractivity contribution in [2.45, 2.75) is 5.78 Å². The zero-order valence-electron chi connectivity index (χ0n) is 9.47. The van der Waals surface area contributed by atoms with Gasteiger partial charge in [0.25, 0.3) is 0 Å². The lowest BCUT2D eigenvalue weighted by atomic mass is 10.2. The summed E-state index contributed by atoms with van der Waals surface area (Å²) in [6.45, 7) is 0. The van der Waals surface area contributed by atoms with E-state index in [0.29, 0.717) is 11.3 Å². The monoisotopic (exact) mass is 264 g/mol. The minimum Gasteiger partial charge on any atom is -0.368 e. The minimum atomic E-state index is -4.31. The summed E-state index contributed by atoms with van der Waals surface area (Å²) < 4.78 is 11.5. The van der Waals surface area contributed by atoms with Gasteiger partial charge in [0, 0.05) is 23.6 Å². The Morgan fingerprint density at radius 3 is 2.39 bits per heavy atom. The molecule has 1 heterocycles. The lowest BCUT2D eigenvalue weighted by molar-refractivity contribution is 0.363. The normalized spacial score (nSPS) is 13.0. The first-order valence-corrected chi connectivity index (χ1v) is 7.02. The molecule has 94 valence electrons. The van der Waals surface area contributed by atoms with Crippen LogP contribution in [-0.4, -0.2) is 14.8 Å². The highest BCUT2D eigenvalue weighted by atomic mass is 31.2. The van der Waals surface area contributed by atoms with Crippen LogP contribution < -0.4 is 5.32 Å². The van der Waals surface area contributed by atoms with E-state index in [-0.39, 0.29) is 0 Å². The topological polar surface area (TPSA) is 82.5 Å². The van der Waals surface area contributed by atoms with Crippen molar-refractivity contribution in [3.8, 4) is 0 Å². The van der Waals surface area contributed by atoms with Crippen molar-refractivity contribution in [2.24, 2.45) is 0 Å². The van der Waals surface area contributed by atoms with Crippen LogP contribution in [0.1, 0.15) is 11.3 Å². The van der Waals surface area contributed by atoms with Crippen LogP contribution in [0.5, 0.6) is 0 Å². The summed E-state index contributed by atoms with van der Waals surface area (Å²) >= 11 is 0. The first kappa shape index (κ1) is 12.8. The SMILES string of the molecule is O=P(O)(O)C(Nc1ccccc1)c1cccnc1. The van der Waals surface area contributed by atoms with Gasteiger partial charge in [-0.2, -0.15) is 0 Å². The van der Waals surface area contributed by atoms with Crippen LogP contribution >= 0.6 is 7.60 Å². The Kier molecular flexibility index (Phi) is 3.77. The number of nitrogens with zero attached hydrogens (tertiary/aromatic N) is 1. The van der Waals surface area contributed by atoms with Crippen molar-refractivity contribution in [1.29, 1.82) is 0 Å². The molecule has 0 aliphatic rings. The summed E-state index contributed by atoms with van der Waals surface area (Å²) in [7, 11) is -4.31. The lowest BCUT2D eigenvalue weighted by Gasteiger charge is -2.21. The van der Waals surface area contributed by atoms with Gasteiger partial charge >= 0.3 is 7.60 Å². The van der Waals surface area contributed by atoms with E-state index in [1.165, 1.54) is 6.20 Å². The summed E-state index contributed by atoms with van der Waals surface area (Å²) in [6.07, 6.45) is 3.00. The molecule has 2 rings (SSSR count). The van der Waals surface area contributed by atoms with E-state index >= 15 is 0 Å². The standard InChI is InChI=1S/C12H13N2O3P/c15-18(16,17)12(10-5-4-8-13-9-10)14-11-6-2-1-3-7-11/h1-9,12,14H,(H2,15,16,17). The summed E-state index contributed by atoms with van der Waals surface area (Å²) in [5.74, 6) is -1.09. The van der Waals surface area contributed by atoms with Gasteiger partial charge in [-0.3, -0.25) is 9.55 Å². The maximum absolute atomic E-state index is 11.5. The van der Waals surface area contributed by atoms with Crippen molar-refractivity contribution < 1.29 is 14.4 Å². The first-order chi connectivity index (χ1) is 8.57. The van der Waals surface area contributed by atoms with Gasteiger partial charge in [0.2, 0.25) is 0 Å². The second kappa shape index (κ2) is 5.31. The molecule has 0 aliphatic carbocycles. The summed E-state index contributed by atoms with van der Waals surface area (Å²) in [5.41, 5.74) is 1.10. The molecule has 0 saturated carbocycles. The van der Waals surface area contributed by atoms with Gasteiger partial charge in [-0.1, -0.05) is 24.3 Å². The number of pyridine rings is 1. The smallest absolute Gasteiger partial charge is 0.352 e. The van der Waals surface area contributed by atoms with Crippen LogP contribution in [0.25, 0.3) is 0 Å². The molecule has 1 aromatic carbocycles. The number of para-hydroxylation sites is 1. The van der Waals surface area contributed by atoms with E-state index in [1.54, 1.807) is 42.6 Å². The van der Waals surface area contributed by atoms with Gasteiger partial charge in [-0.25, -0.2) is 0 Å². The van der Waals surface area contributed by atoms with Gasteiger partial charge < -0.3 is 15.1 Å². The number of anilines is 1. The summed E-state index contributed by atoms with van der Waals surface area (Å²) in [6, 6.07) is 12.2. The van der Waals surface area contributed by atoms with Crippen molar-refractivity contribution in [3.63, 3.8) is 0 Å². The molecule has 1 atom stereocenters. The Morgan fingerprint density at radius 2 is 1.83 bits per heavy atom. The van der Waals surface area contributed by atoms with E-state index in [9.17, 15) is 14.4 Å². The van der Waals surface area contributed by atoms with Crippen molar-refractivity contribution >= 4 is 13.3 Å². The quantitative estimate of drug-likeness (QED) is 0.738. The van der Waals surface area contributed by atoms with Crippen molar-refractivity contribution in [1.82, 2.24) is 4.98 Å². The number of hydrogen-bond acceptors (Lipinski definition) is 3. The Balaban J connectivity index is 2.31. The van der Waals surface area contributed by atoms with E-state index < -0.39 is 13.4 Å². The van der Waals surface area contributed by atoms with E-state index in [1.807, 2.05) is 6.07 Å². The van der Waals surface area contributed by atoms with Crippen LogP contribution in [0.4, 0.5) is 5.69 Å². The highest BCUT2D eigenvalue weighted by Crippen LogP contribution is 2.51. The molecule has 0 radical (unpaired) electrons. The zero-order valence-corrected chi connectivity index (χ0v) is 10.4. The van der Waals surface area contributed by atoms with Crippen LogP contribution in [0.2, 0.25) is 0 Å². The second-order valence-electron chi connectivity index (χ2n) is 3.79. The van der Waals surface area contributed by atoms with Crippen LogP contribution in [0, 0.1) is 0 Å². The maximum atomic E-state index is 11.5. The largest absolute Gasteiger partial charge is 0.368 e. The van der Waals surface area contributed by atoms with Crippen LogP contribution in [-0.2, 0) is 4.57 Å². The van der Waals surface area contributed by atoms with Crippen molar-refractivity contribution in [2.75, 3.05) is 5.32 Å². The fourth-order valence-electron chi connectivity index (χ4n) is 1.59. The number of aromatic nitrogens is 1. The molecule has 2 aromatic rings. The molecule has 0 spiro atoms. The summed E-state index contributed by atoms with van der Waals surface area (Å²) in [5, 5.41) is 2.83. The van der Waals surface area contributed by atoms with E-state index in [0.717, 1.165) is 0 Å². The molecule has 18 heavy (non-hydrogen) atoms. The molecular formula is C12H13N2O3P. The lowest BCUT2D eigenvalue weighted by Crippen LogP contribution is -2.11. The highest BCUT2D eigenvalue weighted by molar-refractivity contribution is 7.52. The van der Waals surface area contributed by atoms with Gasteiger partial charge in [-0.15, -0.1) is 0 Å². The fraction of sp³-hybridized carbons (Fsp3) is 0.0833. The molecule has 1 unspecified atom stereocenters. The molecule has 0 bridgehead atoms. The Labute approximate surface area is 105 Å². The molecule has 0 aliphatic heterocycles. The van der Waals surface area contributed by atoms with Gasteiger partial charge in [0.15, 0.2) is 5.78 Å². The van der Waals surface area contributed by atoms with Crippen LogP contribution in [0.3, 0.4) is 0 Å². The molecule has 3 N–H and O–H groups in total. The van der Waals surface area contributed by atoms with Gasteiger partial charge in [0.1, 0.15) is 0 Å². The number of nitrogens with one attached hydrogen (secondary N) is 1. The predicted octanol–water partition coefficient (Wildman–Crippen LogP) is 2.37. The molecule has 0 amide bonds. The first-order valence-electron chi connectivity index (χ1n) is 5.34. The molecule has 1 aromatic heterocycles. The molecule has 0 fully saturated rings. The number of hydrogen-bond donors (Lipinski definition) is 3. The highest BCUT2D eigenvalue weighted by Gasteiger charge is 2.30. The average molecular weight is 264 g/mol. The molecule has 5 nitrogen and oxygen atoms in total. The van der Waals surface area contributed by atoms with Gasteiger partial charge in [0.05, 0.1) is 0 Å². The number of benzene rings is 1. The maximum Gasteiger partial charge on any atom is 0.352 e. The average Bonchev–Trinajstić information content (AvgIpc) is 2.37. The van der Waals surface area contributed by atoms with E-state index in [2.05, 4.69) is 10.3 Å². The Bertz CT molecular complexity index is 542. The third-order valence-electron chi connectivity index (χ3n) is 2.41.